The van der Waals surface area contributed by atoms with Gasteiger partial charge in [0.2, 0.25) is 0 Å². The summed E-state index contributed by atoms with van der Waals surface area (Å²) in [5.74, 6) is 0. The summed E-state index contributed by atoms with van der Waals surface area (Å²) < 4.78 is 6.45. The average molecular weight is 625 g/mol. The van der Waals surface area contributed by atoms with Crippen LogP contribution in [0.25, 0.3) is 93.1 Å². The zero-order chi connectivity index (χ0) is 32.9. The first-order valence-electron chi connectivity index (χ1n) is 15.9. The number of nitriles is 1. The van der Waals surface area contributed by atoms with Gasteiger partial charge in [0.25, 0.3) is 0 Å². The third-order valence-electron chi connectivity index (χ3n) is 9.18. The van der Waals surface area contributed by atoms with E-state index in [0.29, 0.717) is 11.3 Å². The fourth-order valence-electron chi connectivity index (χ4n) is 6.99. The highest BCUT2D eigenvalue weighted by Gasteiger charge is 2.20. The van der Waals surface area contributed by atoms with Crippen LogP contribution in [0.15, 0.2) is 150 Å². The van der Waals surface area contributed by atoms with Crippen LogP contribution in [0.5, 0.6) is 0 Å². The third-order valence-corrected chi connectivity index (χ3v) is 9.18. The average Bonchev–Trinajstić information content (AvgIpc) is 3.53. The summed E-state index contributed by atoms with van der Waals surface area (Å²) in [4.78, 5) is 12.8. The van der Waals surface area contributed by atoms with E-state index in [4.69, 9.17) is 11.0 Å². The highest BCUT2D eigenvalue weighted by Crippen LogP contribution is 2.47. The molecular weight excluding hydrogens is 601 g/mol. The Morgan fingerprint density at radius 2 is 1.10 bits per heavy atom. The van der Waals surface area contributed by atoms with Gasteiger partial charge in [0.05, 0.1) is 29.6 Å². The number of nitrogens with zero attached hydrogens (tertiary/aromatic N) is 4. The van der Waals surface area contributed by atoms with Crippen molar-refractivity contribution >= 4 is 49.2 Å². The molecule has 0 saturated heterocycles. The molecule has 0 aliphatic rings. The summed E-state index contributed by atoms with van der Waals surface area (Å²) in [7, 11) is 0. The summed E-state index contributed by atoms with van der Waals surface area (Å²) in [6.07, 6.45) is 3.37. The standard InChI is InChI=1S/C44H24N4O/c1-46-32-17-19-48-40(23-32)29-9-7-10-30(22-29)43-34-13-2-3-14-35(34)44(31-11-6-8-28(21-31)39-20-27(26-45)16-18-47-39)38-25-42-36(24-37(38)43)33-12-4-5-15-41(33)49-42/h2-25H. The van der Waals surface area contributed by atoms with Crippen molar-refractivity contribution < 1.29 is 4.42 Å². The number of hydrogen-bond donors (Lipinski definition) is 0. The Morgan fingerprint density at radius 3 is 1.78 bits per heavy atom. The van der Waals surface area contributed by atoms with Gasteiger partial charge in [0.1, 0.15) is 11.2 Å². The van der Waals surface area contributed by atoms with Crippen molar-refractivity contribution in [3.05, 3.63) is 163 Å². The molecule has 9 rings (SSSR count). The summed E-state index contributed by atoms with van der Waals surface area (Å²) in [6, 6.07) is 47.3. The third kappa shape index (κ3) is 4.69. The number of fused-ring (bicyclic) bond motifs is 5. The van der Waals surface area contributed by atoms with Crippen molar-refractivity contribution in [2.24, 2.45) is 0 Å². The van der Waals surface area contributed by atoms with E-state index in [1.165, 1.54) is 0 Å². The predicted octanol–water partition coefficient (Wildman–Crippen LogP) is 11.8. The molecule has 3 aromatic heterocycles. The number of para-hydroxylation sites is 1. The summed E-state index contributed by atoms with van der Waals surface area (Å²) >= 11 is 0. The number of pyridine rings is 2. The smallest absolute Gasteiger partial charge is 0.190 e. The second kappa shape index (κ2) is 11.3. The van der Waals surface area contributed by atoms with Gasteiger partial charge in [0.15, 0.2) is 5.69 Å². The number of furan rings is 1. The van der Waals surface area contributed by atoms with Crippen molar-refractivity contribution in [3.63, 3.8) is 0 Å². The normalized spacial score (nSPS) is 11.2. The van der Waals surface area contributed by atoms with Crippen molar-refractivity contribution in [3.8, 4) is 50.8 Å². The maximum atomic E-state index is 9.54. The maximum Gasteiger partial charge on any atom is 0.190 e. The van der Waals surface area contributed by atoms with Crippen molar-refractivity contribution in [1.29, 1.82) is 5.26 Å². The molecule has 0 aliphatic carbocycles. The molecule has 0 fully saturated rings. The molecule has 0 N–H and O–H groups in total. The largest absolute Gasteiger partial charge is 0.456 e. The Morgan fingerprint density at radius 1 is 0.510 bits per heavy atom. The highest BCUT2D eigenvalue weighted by atomic mass is 16.3. The molecule has 0 saturated carbocycles. The molecule has 49 heavy (non-hydrogen) atoms. The Kier molecular flexibility index (Phi) is 6.50. The first-order chi connectivity index (χ1) is 24.2. The van der Waals surface area contributed by atoms with E-state index >= 15 is 0 Å². The van der Waals surface area contributed by atoms with Crippen LogP contribution in [-0.4, -0.2) is 9.97 Å². The lowest BCUT2D eigenvalue weighted by atomic mass is 9.84. The Labute approximate surface area is 281 Å². The molecule has 226 valence electrons. The van der Waals surface area contributed by atoms with Crippen LogP contribution < -0.4 is 0 Å². The molecule has 6 aromatic carbocycles. The first-order valence-corrected chi connectivity index (χ1v) is 15.9. The van der Waals surface area contributed by atoms with Gasteiger partial charge in [-0.1, -0.05) is 78.9 Å². The topological polar surface area (TPSA) is 67.1 Å². The molecule has 0 amide bonds. The molecule has 5 heteroatoms. The van der Waals surface area contributed by atoms with Gasteiger partial charge < -0.3 is 4.42 Å². The van der Waals surface area contributed by atoms with Crippen LogP contribution >= 0.6 is 0 Å². The molecule has 0 unspecified atom stereocenters. The Bertz CT molecular complexity index is 2870. The molecule has 0 bridgehead atoms. The molecular formula is C44H24N4O. The number of rotatable bonds is 4. The monoisotopic (exact) mass is 624 g/mol. The lowest BCUT2D eigenvalue weighted by Crippen LogP contribution is -1.92. The SMILES string of the molecule is [C-]#[N+]c1ccnc(-c2cccc(-c3c4ccccc4c(-c4cccc(-c5cc(C#N)ccn5)c4)c4cc5oc6ccccc6c5cc34)c2)c1. The van der Waals surface area contributed by atoms with Gasteiger partial charge in [0, 0.05) is 28.7 Å². The van der Waals surface area contributed by atoms with E-state index in [2.05, 4.69) is 93.7 Å². The van der Waals surface area contributed by atoms with Gasteiger partial charge in [-0.15, -0.1) is 0 Å². The molecule has 0 spiro atoms. The van der Waals surface area contributed by atoms with E-state index in [0.717, 1.165) is 88.3 Å². The molecule has 9 aromatic rings. The first kappa shape index (κ1) is 28.2. The van der Waals surface area contributed by atoms with Crippen molar-refractivity contribution in [2.45, 2.75) is 0 Å². The minimum atomic E-state index is 0.557. The molecule has 0 atom stereocenters. The number of hydrogen-bond acceptors (Lipinski definition) is 4. The highest BCUT2D eigenvalue weighted by molar-refractivity contribution is 6.25. The molecule has 3 heterocycles. The second-order valence-electron chi connectivity index (χ2n) is 12.0. The lowest BCUT2D eigenvalue weighted by molar-refractivity contribution is 0.669. The Balaban J connectivity index is 1.38. The summed E-state index contributed by atoms with van der Waals surface area (Å²) in [5, 5.41) is 16.1. The molecule has 0 radical (unpaired) electrons. The summed E-state index contributed by atoms with van der Waals surface area (Å²) in [6.45, 7) is 7.51. The van der Waals surface area contributed by atoms with E-state index in [1.807, 2.05) is 48.5 Å². The van der Waals surface area contributed by atoms with E-state index in [1.54, 1.807) is 24.5 Å². The van der Waals surface area contributed by atoms with Crippen LogP contribution in [0.2, 0.25) is 0 Å². The van der Waals surface area contributed by atoms with Crippen molar-refractivity contribution in [1.82, 2.24) is 9.97 Å². The van der Waals surface area contributed by atoms with Gasteiger partial charge in [-0.2, -0.15) is 5.26 Å². The van der Waals surface area contributed by atoms with Gasteiger partial charge in [-0.3, -0.25) is 9.97 Å². The quantitative estimate of drug-likeness (QED) is 0.144. The van der Waals surface area contributed by atoms with E-state index in [9.17, 15) is 5.26 Å². The van der Waals surface area contributed by atoms with E-state index in [-0.39, 0.29) is 0 Å². The van der Waals surface area contributed by atoms with Crippen molar-refractivity contribution in [2.75, 3.05) is 0 Å². The van der Waals surface area contributed by atoms with Crippen LogP contribution in [0.1, 0.15) is 5.56 Å². The minimum Gasteiger partial charge on any atom is -0.456 e. The van der Waals surface area contributed by atoms with E-state index < -0.39 is 0 Å². The number of benzene rings is 6. The minimum absolute atomic E-state index is 0.557. The zero-order valence-electron chi connectivity index (χ0n) is 26.1. The molecule has 0 aliphatic heterocycles. The zero-order valence-corrected chi connectivity index (χ0v) is 26.1. The van der Waals surface area contributed by atoms with Gasteiger partial charge in [-0.25, -0.2) is 4.85 Å². The fourth-order valence-corrected chi connectivity index (χ4v) is 6.99. The number of aromatic nitrogens is 2. The van der Waals surface area contributed by atoms with Crippen LogP contribution in [0.3, 0.4) is 0 Å². The van der Waals surface area contributed by atoms with Crippen LogP contribution in [0, 0.1) is 17.9 Å². The fraction of sp³-hybridized carbons (Fsp3) is 0. The summed E-state index contributed by atoms with van der Waals surface area (Å²) in [5.41, 5.74) is 10.5. The molecule has 5 nitrogen and oxygen atoms in total. The maximum absolute atomic E-state index is 9.54. The van der Waals surface area contributed by atoms with Crippen LogP contribution in [0.4, 0.5) is 5.69 Å². The predicted molar refractivity (Wildman–Crippen MR) is 197 cm³/mol. The lowest BCUT2D eigenvalue weighted by Gasteiger charge is -2.19. The Hall–Kier alpha value is -7.08. The van der Waals surface area contributed by atoms with Crippen LogP contribution in [-0.2, 0) is 0 Å². The van der Waals surface area contributed by atoms with Gasteiger partial charge in [-0.05, 0) is 104 Å². The van der Waals surface area contributed by atoms with Gasteiger partial charge >= 0.3 is 0 Å². The second-order valence-corrected chi connectivity index (χ2v) is 12.0.